The maximum Gasteiger partial charge on any atom is 0.0619 e. The smallest absolute Gasteiger partial charge is 0.0619 e. The molecule has 218 valence electrons. The van der Waals surface area contributed by atoms with E-state index in [-0.39, 0.29) is 0 Å². The van der Waals surface area contributed by atoms with Gasteiger partial charge in [0.2, 0.25) is 0 Å². The fourth-order valence-corrected chi connectivity index (χ4v) is 7.88. The summed E-state index contributed by atoms with van der Waals surface area (Å²) < 4.78 is 2.47. The number of hydrogen-bond donors (Lipinski definition) is 0. The van der Waals surface area contributed by atoms with Crippen molar-refractivity contribution in [1.29, 1.82) is 0 Å². The van der Waals surface area contributed by atoms with Crippen LogP contribution in [0.5, 0.6) is 0 Å². The van der Waals surface area contributed by atoms with Gasteiger partial charge in [0.15, 0.2) is 0 Å². The molecule has 1 aromatic heterocycles. The molecular weight excluding hydrogens is 567 g/mol. The maximum absolute atomic E-state index is 2.47. The van der Waals surface area contributed by atoms with E-state index in [2.05, 4.69) is 180 Å². The van der Waals surface area contributed by atoms with Crippen LogP contribution in [-0.4, -0.2) is 4.57 Å². The summed E-state index contributed by atoms with van der Waals surface area (Å²) in [7, 11) is 0. The molecule has 1 heterocycles. The molecule has 0 unspecified atom stereocenters. The predicted molar refractivity (Wildman–Crippen MR) is 202 cm³/mol. The zero-order valence-electron chi connectivity index (χ0n) is 25.7. The highest BCUT2D eigenvalue weighted by Gasteiger charge is 2.19. The Morgan fingerprint density at radius 1 is 0.298 bits per heavy atom. The summed E-state index contributed by atoms with van der Waals surface area (Å²) in [5.41, 5.74) is 8.69. The Morgan fingerprint density at radius 2 is 0.851 bits per heavy atom. The number of hydrogen-bond acceptors (Lipinski definition) is 0. The van der Waals surface area contributed by atoms with Crippen LogP contribution in [0.3, 0.4) is 0 Å². The number of fused-ring (bicyclic) bond motifs is 8. The summed E-state index contributed by atoms with van der Waals surface area (Å²) in [4.78, 5) is 0. The molecule has 0 aliphatic heterocycles. The van der Waals surface area contributed by atoms with E-state index < -0.39 is 0 Å². The molecule has 10 aromatic rings. The summed E-state index contributed by atoms with van der Waals surface area (Å²) in [5.74, 6) is 0. The Bertz CT molecular complexity index is 2780. The topological polar surface area (TPSA) is 4.93 Å². The van der Waals surface area contributed by atoms with Gasteiger partial charge in [-0.25, -0.2) is 0 Å². The third-order valence-corrected chi connectivity index (χ3v) is 9.93. The van der Waals surface area contributed by atoms with Crippen molar-refractivity contribution in [3.63, 3.8) is 0 Å². The van der Waals surface area contributed by atoms with E-state index in [9.17, 15) is 0 Å². The number of benzene rings is 9. The molecule has 0 saturated heterocycles. The molecule has 0 spiro atoms. The lowest BCUT2D eigenvalue weighted by molar-refractivity contribution is 1.19. The van der Waals surface area contributed by atoms with Crippen LogP contribution in [0.2, 0.25) is 0 Å². The van der Waals surface area contributed by atoms with Gasteiger partial charge in [0, 0.05) is 21.8 Å². The molecule has 9 aromatic carbocycles. The summed E-state index contributed by atoms with van der Waals surface area (Å²) in [6.07, 6.45) is 0. The van der Waals surface area contributed by atoms with Gasteiger partial charge >= 0.3 is 0 Å². The van der Waals surface area contributed by atoms with Crippen molar-refractivity contribution >= 4 is 64.9 Å². The van der Waals surface area contributed by atoms with Crippen molar-refractivity contribution < 1.29 is 0 Å². The van der Waals surface area contributed by atoms with E-state index in [0.29, 0.717) is 0 Å². The quantitative estimate of drug-likeness (QED) is 0.179. The van der Waals surface area contributed by atoms with Gasteiger partial charge in [0.1, 0.15) is 0 Å². The molecule has 10 rings (SSSR count). The molecule has 1 heteroatoms. The highest BCUT2D eigenvalue weighted by Crippen LogP contribution is 2.45. The normalized spacial score (nSPS) is 11.8. The zero-order valence-corrected chi connectivity index (χ0v) is 25.7. The molecule has 0 amide bonds. The first kappa shape index (κ1) is 26.1. The number of nitrogens with zero attached hydrogens (tertiary/aromatic N) is 1. The first-order valence-corrected chi connectivity index (χ1v) is 16.3. The van der Waals surface area contributed by atoms with Crippen molar-refractivity contribution in [3.05, 3.63) is 176 Å². The van der Waals surface area contributed by atoms with Gasteiger partial charge in [-0.05, 0) is 84.2 Å². The second-order valence-corrected chi connectivity index (χ2v) is 12.5. The lowest BCUT2D eigenvalue weighted by Crippen LogP contribution is -1.95. The highest BCUT2D eigenvalue weighted by molar-refractivity contribution is 6.23. The summed E-state index contributed by atoms with van der Waals surface area (Å²) in [5, 5.41) is 12.6. The van der Waals surface area contributed by atoms with Crippen LogP contribution in [0.15, 0.2) is 176 Å². The molecule has 47 heavy (non-hydrogen) atoms. The Kier molecular flexibility index (Phi) is 5.64. The third kappa shape index (κ3) is 3.90. The molecule has 0 N–H and O–H groups in total. The summed E-state index contributed by atoms with van der Waals surface area (Å²) >= 11 is 0. The van der Waals surface area contributed by atoms with Crippen LogP contribution < -0.4 is 0 Å². The van der Waals surface area contributed by atoms with E-state index >= 15 is 0 Å². The fourth-order valence-electron chi connectivity index (χ4n) is 7.88. The monoisotopic (exact) mass is 595 g/mol. The van der Waals surface area contributed by atoms with Gasteiger partial charge in [-0.15, -0.1) is 0 Å². The van der Waals surface area contributed by atoms with Crippen molar-refractivity contribution in [1.82, 2.24) is 4.57 Å². The minimum absolute atomic E-state index is 1.18. The first-order chi connectivity index (χ1) is 23.3. The molecule has 0 atom stereocenters. The van der Waals surface area contributed by atoms with E-state index in [1.165, 1.54) is 92.8 Å². The first-order valence-electron chi connectivity index (χ1n) is 16.3. The molecule has 0 radical (unpaired) electrons. The molecular formula is C46H29N. The second kappa shape index (κ2) is 10.2. The Labute approximate surface area is 272 Å². The van der Waals surface area contributed by atoms with Gasteiger partial charge in [0.05, 0.1) is 11.0 Å². The van der Waals surface area contributed by atoms with Gasteiger partial charge in [-0.2, -0.15) is 0 Å². The molecule has 0 aliphatic rings. The van der Waals surface area contributed by atoms with E-state index in [4.69, 9.17) is 0 Å². The Morgan fingerprint density at radius 3 is 1.55 bits per heavy atom. The van der Waals surface area contributed by atoms with Crippen LogP contribution in [-0.2, 0) is 0 Å². The van der Waals surface area contributed by atoms with Crippen LogP contribution in [0.1, 0.15) is 0 Å². The van der Waals surface area contributed by atoms with E-state index in [0.717, 1.165) is 0 Å². The van der Waals surface area contributed by atoms with Crippen LogP contribution in [0, 0.1) is 0 Å². The van der Waals surface area contributed by atoms with E-state index in [1.54, 1.807) is 0 Å². The average molecular weight is 596 g/mol. The highest BCUT2D eigenvalue weighted by atomic mass is 15.0. The number of rotatable bonds is 3. The largest absolute Gasteiger partial charge is 0.309 e. The summed E-state index contributed by atoms with van der Waals surface area (Å²) in [6, 6.07) is 64.5. The van der Waals surface area contributed by atoms with Crippen LogP contribution in [0.25, 0.3) is 92.8 Å². The molecule has 0 saturated carbocycles. The standard InChI is InChI=1S/C46H29N/c1-2-14-32(15-3-1)44-37-18-8-10-20-39(37)45(40-21-11-9-19-38(40)44)34-24-27-43-42(29-34)41-26-23-31-13-6-7-17-36(31)46(41)47(43)35-25-22-30-12-4-5-16-33(30)28-35/h1-29H. The lowest BCUT2D eigenvalue weighted by Gasteiger charge is -2.18. The van der Waals surface area contributed by atoms with Gasteiger partial charge in [-0.3, -0.25) is 0 Å². The maximum atomic E-state index is 2.47. The fraction of sp³-hybridized carbons (Fsp3) is 0. The molecule has 1 nitrogen and oxygen atoms in total. The molecule has 0 aliphatic carbocycles. The van der Waals surface area contributed by atoms with Gasteiger partial charge in [-0.1, -0.05) is 152 Å². The number of aromatic nitrogens is 1. The summed E-state index contributed by atoms with van der Waals surface area (Å²) in [6.45, 7) is 0. The van der Waals surface area contributed by atoms with E-state index in [1.807, 2.05) is 0 Å². The predicted octanol–water partition coefficient (Wildman–Crippen LogP) is 12.7. The van der Waals surface area contributed by atoms with Crippen molar-refractivity contribution in [2.75, 3.05) is 0 Å². The Hall–Kier alpha value is -6.18. The van der Waals surface area contributed by atoms with Crippen LogP contribution >= 0.6 is 0 Å². The van der Waals surface area contributed by atoms with Crippen molar-refractivity contribution in [2.24, 2.45) is 0 Å². The zero-order chi connectivity index (χ0) is 30.9. The van der Waals surface area contributed by atoms with Crippen LogP contribution in [0.4, 0.5) is 0 Å². The second-order valence-electron chi connectivity index (χ2n) is 12.5. The minimum Gasteiger partial charge on any atom is -0.309 e. The Balaban J connectivity index is 1.32. The van der Waals surface area contributed by atoms with Crippen molar-refractivity contribution in [3.8, 4) is 27.9 Å². The lowest BCUT2D eigenvalue weighted by atomic mass is 9.86. The van der Waals surface area contributed by atoms with Gasteiger partial charge in [0.25, 0.3) is 0 Å². The molecule has 0 fully saturated rings. The van der Waals surface area contributed by atoms with Gasteiger partial charge < -0.3 is 4.57 Å². The average Bonchev–Trinajstić information content (AvgIpc) is 3.48. The minimum atomic E-state index is 1.18. The SMILES string of the molecule is c1ccc(-c2c3ccccc3c(-c3ccc4c(c3)c3ccc5ccccc5c3n4-c3ccc4ccccc4c3)c3ccccc23)cc1. The molecule has 0 bridgehead atoms. The van der Waals surface area contributed by atoms with Crippen molar-refractivity contribution in [2.45, 2.75) is 0 Å². The third-order valence-electron chi connectivity index (χ3n) is 9.93.